The quantitative estimate of drug-likeness (QED) is 0.409. The number of fused-ring (bicyclic) bond motifs is 1. The van der Waals surface area contributed by atoms with E-state index in [0.717, 1.165) is 35.4 Å². The third-order valence-corrected chi connectivity index (χ3v) is 7.06. The molecule has 4 heterocycles. The molecule has 0 atom stereocenters. The molecule has 3 aromatic heterocycles. The highest BCUT2D eigenvalue weighted by Gasteiger charge is 2.52. The van der Waals surface area contributed by atoms with Crippen molar-refractivity contribution in [3.05, 3.63) is 78.2 Å². The number of benzene rings is 1. The summed E-state index contributed by atoms with van der Waals surface area (Å²) in [5.41, 5.74) is 4.74. The first-order valence-corrected chi connectivity index (χ1v) is 12.3. The number of carbonyl (C=O) groups excluding carboxylic acids is 3. The molecule has 2 fully saturated rings. The molecule has 0 unspecified atom stereocenters. The van der Waals surface area contributed by atoms with Crippen LogP contribution in [0.15, 0.2) is 67.1 Å². The highest BCUT2D eigenvalue weighted by atomic mass is 16.2. The zero-order chi connectivity index (χ0) is 25.4. The first-order valence-electron chi connectivity index (χ1n) is 12.3. The van der Waals surface area contributed by atoms with Gasteiger partial charge < -0.3 is 5.32 Å². The van der Waals surface area contributed by atoms with E-state index in [4.69, 9.17) is 4.98 Å². The average Bonchev–Trinajstić information content (AvgIpc) is 3.43. The number of urea groups is 1. The van der Waals surface area contributed by atoms with Crippen molar-refractivity contribution >= 4 is 28.9 Å². The number of amides is 4. The Morgan fingerprint density at radius 3 is 2.59 bits per heavy atom. The van der Waals surface area contributed by atoms with Gasteiger partial charge in [-0.3, -0.25) is 20.0 Å². The summed E-state index contributed by atoms with van der Waals surface area (Å²) in [6, 6.07) is 14.3. The van der Waals surface area contributed by atoms with Crippen LogP contribution in [0.1, 0.15) is 48.0 Å². The van der Waals surface area contributed by atoms with E-state index in [9.17, 15) is 14.4 Å². The van der Waals surface area contributed by atoms with Crippen LogP contribution in [-0.4, -0.2) is 48.1 Å². The average molecular weight is 496 g/mol. The van der Waals surface area contributed by atoms with Gasteiger partial charge >= 0.3 is 6.03 Å². The number of imide groups is 1. The van der Waals surface area contributed by atoms with Crippen LogP contribution in [0.25, 0.3) is 22.3 Å². The maximum atomic E-state index is 13.6. The third-order valence-electron chi connectivity index (χ3n) is 7.06. The summed E-state index contributed by atoms with van der Waals surface area (Å²) >= 11 is 0. The van der Waals surface area contributed by atoms with Crippen molar-refractivity contribution < 1.29 is 14.4 Å². The number of aromatic nitrogens is 4. The van der Waals surface area contributed by atoms with Crippen molar-refractivity contribution in [2.24, 2.45) is 0 Å². The zero-order valence-corrected chi connectivity index (χ0v) is 20.1. The molecule has 10 nitrogen and oxygen atoms in total. The van der Waals surface area contributed by atoms with Crippen LogP contribution in [-0.2, 0) is 11.3 Å². The van der Waals surface area contributed by atoms with E-state index in [1.165, 1.54) is 0 Å². The predicted octanol–water partition coefficient (Wildman–Crippen LogP) is 3.44. The van der Waals surface area contributed by atoms with Gasteiger partial charge in [-0.2, -0.15) is 10.1 Å². The van der Waals surface area contributed by atoms with Crippen molar-refractivity contribution in [2.75, 3.05) is 0 Å². The number of hydrogen-bond donors (Lipinski definition) is 2. The molecule has 0 bridgehead atoms. The molecular formula is C27H25N7O3. The Morgan fingerprint density at radius 2 is 1.84 bits per heavy atom. The topological polar surface area (TPSA) is 122 Å². The number of carbonyl (C=O) groups is 3. The molecule has 1 aromatic carbocycles. The fraction of sp³-hybridized carbons (Fsp3) is 0.259. The minimum Gasteiger partial charge on any atom is -0.322 e. The van der Waals surface area contributed by atoms with Crippen LogP contribution in [0.2, 0.25) is 0 Å². The maximum Gasteiger partial charge on any atom is 0.344 e. The van der Waals surface area contributed by atoms with Gasteiger partial charge in [0, 0.05) is 18.0 Å². The lowest BCUT2D eigenvalue weighted by Crippen LogP contribution is -2.51. The lowest BCUT2D eigenvalue weighted by molar-refractivity contribution is -0.134. The molecule has 4 amide bonds. The SMILES string of the molecule is O=C(NN1C(=O)NC2(CCCCC2)C1=O)c1cc(-c2ccccc2)nc2c1cnn2Cc1cccnc1. The highest BCUT2D eigenvalue weighted by molar-refractivity contribution is 6.12. The summed E-state index contributed by atoms with van der Waals surface area (Å²) in [5.74, 6) is -0.992. The second kappa shape index (κ2) is 9.12. The number of pyridine rings is 2. The molecular weight excluding hydrogens is 470 g/mol. The van der Waals surface area contributed by atoms with Crippen LogP contribution < -0.4 is 10.7 Å². The number of hydrazine groups is 1. The first-order chi connectivity index (χ1) is 18.0. The zero-order valence-electron chi connectivity index (χ0n) is 20.1. The third kappa shape index (κ3) is 4.10. The van der Waals surface area contributed by atoms with Crippen LogP contribution in [0.4, 0.5) is 4.79 Å². The van der Waals surface area contributed by atoms with Gasteiger partial charge in [0.2, 0.25) is 0 Å². The predicted molar refractivity (Wildman–Crippen MR) is 135 cm³/mol. The van der Waals surface area contributed by atoms with Crippen molar-refractivity contribution in [1.29, 1.82) is 0 Å². The Hall–Kier alpha value is -4.60. The molecule has 2 N–H and O–H groups in total. The normalized spacial score (nSPS) is 16.8. The Morgan fingerprint density at radius 1 is 1.03 bits per heavy atom. The van der Waals surface area contributed by atoms with Gasteiger partial charge in [-0.15, -0.1) is 0 Å². The lowest BCUT2D eigenvalue weighted by atomic mass is 9.82. The van der Waals surface area contributed by atoms with Crippen molar-refractivity contribution in [3.8, 4) is 11.3 Å². The maximum absolute atomic E-state index is 13.6. The summed E-state index contributed by atoms with van der Waals surface area (Å²) in [4.78, 5) is 48.5. The molecule has 6 rings (SSSR count). The number of nitrogens with zero attached hydrogens (tertiary/aromatic N) is 5. The minimum absolute atomic E-state index is 0.270. The molecule has 37 heavy (non-hydrogen) atoms. The number of rotatable bonds is 5. The van der Waals surface area contributed by atoms with Crippen LogP contribution >= 0.6 is 0 Å². The molecule has 4 aromatic rings. The first kappa shape index (κ1) is 22.8. The van der Waals surface area contributed by atoms with Gasteiger partial charge in [-0.25, -0.2) is 14.5 Å². The Bertz CT molecular complexity index is 1490. The second-order valence-corrected chi connectivity index (χ2v) is 9.48. The van der Waals surface area contributed by atoms with E-state index in [0.29, 0.717) is 36.1 Å². The smallest absolute Gasteiger partial charge is 0.322 e. The van der Waals surface area contributed by atoms with Gasteiger partial charge in [0.25, 0.3) is 11.8 Å². The summed E-state index contributed by atoms with van der Waals surface area (Å²) in [7, 11) is 0. The highest BCUT2D eigenvalue weighted by Crippen LogP contribution is 2.33. The summed E-state index contributed by atoms with van der Waals surface area (Å²) in [6.45, 7) is 0.416. The van der Waals surface area contributed by atoms with E-state index in [-0.39, 0.29) is 5.56 Å². The second-order valence-electron chi connectivity index (χ2n) is 9.48. The van der Waals surface area contributed by atoms with Crippen LogP contribution in [0.5, 0.6) is 0 Å². The summed E-state index contributed by atoms with van der Waals surface area (Å²) in [5, 5.41) is 8.64. The Kier molecular flexibility index (Phi) is 5.63. The molecule has 0 radical (unpaired) electrons. The molecule has 2 aliphatic rings. The van der Waals surface area contributed by atoms with E-state index in [1.807, 2.05) is 42.5 Å². The standard InChI is InChI=1S/C27H25N7O3/c35-24(32-34-25(36)27(31-26(34)37)11-5-2-6-12-27)20-14-22(19-9-3-1-4-10-19)30-23-21(20)16-29-33(23)17-18-8-7-13-28-15-18/h1,3-4,7-10,13-16H,2,5-6,11-12,17H2,(H,31,37)(H,32,35). The van der Waals surface area contributed by atoms with E-state index < -0.39 is 23.4 Å². The van der Waals surface area contributed by atoms with Crippen LogP contribution in [0.3, 0.4) is 0 Å². The van der Waals surface area contributed by atoms with Crippen molar-refractivity contribution in [3.63, 3.8) is 0 Å². The van der Waals surface area contributed by atoms with E-state index >= 15 is 0 Å². The van der Waals surface area contributed by atoms with Crippen molar-refractivity contribution in [2.45, 2.75) is 44.2 Å². The summed E-state index contributed by atoms with van der Waals surface area (Å²) < 4.78 is 1.71. The molecule has 1 saturated carbocycles. The van der Waals surface area contributed by atoms with Gasteiger partial charge in [0.15, 0.2) is 5.65 Å². The van der Waals surface area contributed by atoms with Gasteiger partial charge in [0.1, 0.15) is 5.54 Å². The fourth-order valence-electron chi connectivity index (χ4n) is 5.15. The molecule has 186 valence electrons. The van der Waals surface area contributed by atoms with E-state index in [1.54, 1.807) is 29.3 Å². The molecule has 10 heteroatoms. The van der Waals surface area contributed by atoms with Crippen molar-refractivity contribution in [1.82, 2.24) is 35.5 Å². The van der Waals surface area contributed by atoms with Gasteiger partial charge in [0.05, 0.1) is 29.4 Å². The minimum atomic E-state index is -0.931. The van der Waals surface area contributed by atoms with Gasteiger partial charge in [-0.1, -0.05) is 55.7 Å². The van der Waals surface area contributed by atoms with Crippen LogP contribution in [0, 0.1) is 0 Å². The Labute approximate surface area is 212 Å². The lowest BCUT2D eigenvalue weighted by Gasteiger charge is -2.30. The Balaban J connectivity index is 1.38. The molecule has 1 spiro atoms. The molecule has 1 aliphatic heterocycles. The monoisotopic (exact) mass is 495 g/mol. The summed E-state index contributed by atoms with van der Waals surface area (Å²) in [6.07, 6.45) is 8.91. The largest absolute Gasteiger partial charge is 0.344 e. The number of nitrogens with one attached hydrogen (secondary N) is 2. The number of hydrogen-bond acceptors (Lipinski definition) is 6. The molecule has 1 aliphatic carbocycles. The molecule has 1 saturated heterocycles. The van der Waals surface area contributed by atoms with E-state index in [2.05, 4.69) is 20.8 Å². The fourth-order valence-corrected chi connectivity index (χ4v) is 5.15. The van der Waals surface area contributed by atoms with Gasteiger partial charge in [-0.05, 0) is 30.5 Å².